The molecule has 0 aromatic carbocycles. The SMILES string of the molecule is COCCn1c(C)c(C)c([C@H]2[C@@H](c3ccccn3)N=C3S[C@@H](C)CN32)c1C. The van der Waals surface area contributed by atoms with Crippen LogP contribution in [-0.4, -0.2) is 45.1 Å². The Balaban J connectivity index is 1.81. The number of methoxy groups -OCH3 is 1. The summed E-state index contributed by atoms with van der Waals surface area (Å²) in [6.45, 7) is 11.6. The molecule has 144 valence electrons. The van der Waals surface area contributed by atoms with E-state index in [1.165, 1.54) is 27.7 Å². The number of thioether (sulfide) groups is 1. The lowest BCUT2D eigenvalue weighted by atomic mass is 9.93. The number of hydrogen-bond donors (Lipinski definition) is 0. The molecule has 3 atom stereocenters. The van der Waals surface area contributed by atoms with E-state index in [-0.39, 0.29) is 12.1 Å². The zero-order chi connectivity index (χ0) is 19.1. The van der Waals surface area contributed by atoms with Gasteiger partial charge in [-0.2, -0.15) is 0 Å². The van der Waals surface area contributed by atoms with E-state index < -0.39 is 0 Å². The third kappa shape index (κ3) is 3.09. The molecule has 0 N–H and O–H groups in total. The van der Waals surface area contributed by atoms with Crippen molar-refractivity contribution in [3.63, 3.8) is 0 Å². The molecule has 0 aliphatic carbocycles. The van der Waals surface area contributed by atoms with Crippen LogP contribution in [0.25, 0.3) is 0 Å². The molecular weight excluding hydrogens is 356 g/mol. The van der Waals surface area contributed by atoms with Gasteiger partial charge in [0.25, 0.3) is 0 Å². The number of pyridine rings is 1. The second-order valence-electron chi connectivity index (χ2n) is 7.49. The molecule has 0 amide bonds. The molecule has 6 heteroatoms. The normalized spacial score (nSPS) is 24.4. The van der Waals surface area contributed by atoms with Crippen LogP contribution in [0.2, 0.25) is 0 Å². The third-order valence-corrected chi connectivity index (χ3v) is 6.94. The highest BCUT2D eigenvalue weighted by Crippen LogP contribution is 2.49. The lowest BCUT2D eigenvalue weighted by Gasteiger charge is -2.28. The van der Waals surface area contributed by atoms with Gasteiger partial charge in [-0.3, -0.25) is 9.98 Å². The van der Waals surface area contributed by atoms with Crippen molar-refractivity contribution in [1.29, 1.82) is 0 Å². The second-order valence-corrected chi connectivity index (χ2v) is 8.90. The monoisotopic (exact) mass is 384 g/mol. The van der Waals surface area contributed by atoms with E-state index in [0.717, 1.165) is 25.4 Å². The van der Waals surface area contributed by atoms with Gasteiger partial charge in [-0.1, -0.05) is 24.8 Å². The first-order chi connectivity index (χ1) is 13.0. The fourth-order valence-corrected chi connectivity index (χ4v) is 5.54. The lowest BCUT2D eigenvalue weighted by molar-refractivity contribution is 0.186. The lowest BCUT2D eigenvalue weighted by Crippen LogP contribution is -2.29. The first-order valence-electron chi connectivity index (χ1n) is 9.60. The molecule has 0 spiro atoms. The van der Waals surface area contributed by atoms with Crippen molar-refractivity contribution in [2.45, 2.75) is 51.6 Å². The highest BCUT2D eigenvalue weighted by Gasteiger charge is 2.45. The number of rotatable bonds is 5. The van der Waals surface area contributed by atoms with Gasteiger partial charge in [0.1, 0.15) is 6.04 Å². The van der Waals surface area contributed by atoms with E-state index in [0.29, 0.717) is 5.25 Å². The summed E-state index contributed by atoms with van der Waals surface area (Å²) >= 11 is 1.89. The van der Waals surface area contributed by atoms with E-state index in [9.17, 15) is 0 Å². The third-order valence-electron chi connectivity index (χ3n) is 5.84. The average Bonchev–Trinajstić information content (AvgIpc) is 3.25. The Morgan fingerprint density at radius 2 is 2.04 bits per heavy atom. The number of hydrogen-bond acceptors (Lipinski definition) is 5. The van der Waals surface area contributed by atoms with Crippen molar-refractivity contribution in [2.24, 2.45) is 4.99 Å². The largest absolute Gasteiger partial charge is 0.383 e. The number of ether oxygens (including phenoxy) is 1. The van der Waals surface area contributed by atoms with Crippen LogP contribution >= 0.6 is 11.8 Å². The Bertz CT molecular complexity index is 861. The van der Waals surface area contributed by atoms with Crippen LogP contribution < -0.4 is 0 Å². The molecule has 0 radical (unpaired) electrons. The van der Waals surface area contributed by atoms with Crippen molar-refractivity contribution in [3.05, 3.63) is 52.6 Å². The van der Waals surface area contributed by atoms with Crippen LogP contribution in [0, 0.1) is 20.8 Å². The van der Waals surface area contributed by atoms with Crippen molar-refractivity contribution in [2.75, 3.05) is 20.3 Å². The van der Waals surface area contributed by atoms with Gasteiger partial charge in [0.05, 0.1) is 18.3 Å². The zero-order valence-electron chi connectivity index (χ0n) is 16.8. The standard InChI is InChI=1S/C21H28N4OS/c1-13-12-25-20(18-14(2)15(3)24(16(18)4)10-11-26-5)19(23-21(25)27-13)17-8-6-7-9-22-17/h6-9,13,19-20H,10-12H2,1-5H3/t13-,19+,20-/m0/s1. The van der Waals surface area contributed by atoms with E-state index in [1.807, 2.05) is 24.0 Å². The first kappa shape index (κ1) is 18.6. The van der Waals surface area contributed by atoms with E-state index in [1.54, 1.807) is 7.11 Å². The number of amidine groups is 1. The topological polar surface area (TPSA) is 42.6 Å². The summed E-state index contributed by atoms with van der Waals surface area (Å²) in [5.74, 6) is 0. The molecular formula is C21H28N4OS. The summed E-state index contributed by atoms with van der Waals surface area (Å²) in [5, 5.41) is 1.75. The minimum absolute atomic E-state index is 0.0521. The maximum atomic E-state index is 5.34. The number of aliphatic imine (C=N–C) groups is 1. The van der Waals surface area contributed by atoms with Gasteiger partial charge in [-0.05, 0) is 38.5 Å². The van der Waals surface area contributed by atoms with Gasteiger partial charge in [0.2, 0.25) is 0 Å². The molecule has 1 saturated heterocycles. The molecule has 1 fully saturated rings. The van der Waals surface area contributed by atoms with Gasteiger partial charge in [-0.25, -0.2) is 0 Å². The van der Waals surface area contributed by atoms with Crippen molar-refractivity contribution >= 4 is 16.9 Å². The fourth-order valence-electron chi connectivity index (χ4n) is 4.45. The van der Waals surface area contributed by atoms with E-state index >= 15 is 0 Å². The Morgan fingerprint density at radius 1 is 1.22 bits per heavy atom. The second kappa shape index (κ2) is 7.32. The Labute approximate surface area is 165 Å². The van der Waals surface area contributed by atoms with Crippen LogP contribution in [-0.2, 0) is 11.3 Å². The highest BCUT2D eigenvalue weighted by molar-refractivity contribution is 8.14. The van der Waals surface area contributed by atoms with Crippen molar-refractivity contribution in [3.8, 4) is 0 Å². The molecule has 2 aromatic heterocycles. The molecule has 0 saturated carbocycles. The highest BCUT2D eigenvalue weighted by atomic mass is 32.2. The fraction of sp³-hybridized carbons (Fsp3) is 0.524. The van der Waals surface area contributed by atoms with Gasteiger partial charge in [0.15, 0.2) is 5.17 Å². The summed E-state index contributed by atoms with van der Waals surface area (Å²) in [4.78, 5) is 12.3. The molecule has 27 heavy (non-hydrogen) atoms. The van der Waals surface area contributed by atoms with E-state index in [4.69, 9.17) is 9.73 Å². The molecule has 4 rings (SSSR count). The predicted octanol–water partition coefficient (Wildman–Crippen LogP) is 4.04. The van der Waals surface area contributed by atoms with Gasteiger partial charge < -0.3 is 14.2 Å². The summed E-state index contributed by atoms with van der Waals surface area (Å²) in [6.07, 6.45) is 1.88. The zero-order valence-corrected chi connectivity index (χ0v) is 17.6. The Kier molecular flexibility index (Phi) is 5.03. The van der Waals surface area contributed by atoms with E-state index in [2.05, 4.69) is 54.3 Å². The average molecular weight is 385 g/mol. The van der Waals surface area contributed by atoms with Crippen LogP contribution in [0.3, 0.4) is 0 Å². The van der Waals surface area contributed by atoms with Crippen LogP contribution in [0.5, 0.6) is 0 Å². The maximum Gasteiger partial charge on any atom is 0.160 e. The number of aromatic nitrogens is 2. The molecule has 2 aliphatic heterocycles. The Hall–Kier alpha value is -1.79. The summed E-state index contributed by atoms with van der Waals surface area (Å²) in [5.41, 5.74) is 6.49. The van der Waals surface area contributed by atoms with Gasteiger partial charge in [0, 0.05) is 48.6 Å². The summed E-state index contributed by atoms with van der Waals surface area (Å²) < 4.78 is 7.73. The maximum absolute atomic E-state index is 5.34. The minimum atomic E-state index is 0.0521. The van der Waals surface area contributed by atoms with Crippen molar-refractivity contribution in [1.82, 2.24) is 14.5 Å². The van der Waals surface area contributed by atoms with Crippen LogP contribution in [0.15, 0.2) is 29.4 Å². The minimum Gasteiger partial charge on any atom is -0.383 e. The number of fused-ring (bicyclic) bond motifs is 1. The Morgan fingerprint density at radius 3 is 2.74 bits per heavy atom. The first-order valence-corrected chi connectivity index (χ1v) is 10.5. The van der Waals surface area contributed by atoms with Crippen LogP contribution in [0.1, 0.15) is 47.2 Å². The summed E-state index contributed by atoms with van der Waals surface area (Å²) in [6, 6.07) is 6.41. The van der Waals surface area contributed by atoms with Gasteiger partial charge >= 0.3 is 0 Å². The molecule has 2 aliphatic rings. The molecule has 4 heterocycles. The van der Waals surface area contributed by atoms with Gasteiger partial charge in [-0.15, -0.1) is 0 Å². The predicted molar refractivity (Wildman–Crippen MR) is 111 cm³/mol. The summed E-state index contributed by atoms with van der Waals surface area (Å²) in [7, 11) is 1.76. The molecule has 0 bridgehead atoms. The molecule has 5 nitrogen and oxygen atoms in total. The quantitative estimate of drug-likeness (QED) is 0.780. The smallest absolute Gasteiger partial charge is 0.160 e. The molecule has 2 aromatic rings. The van der Waals surface area contributed by atoms with Crippen LogP contribution in [0.4, 0.5) is 0 Å². The van der Waals surface area contributed by atoms with Crippen molar-refractivity contribution < 1.29 is 4.74 Å². The molecule has 0 unspecified atom stereocenters. The number of nitrogens with zero attached hydrogens (tertiary/aromatic N) is 4.